The molecule has 0 aliphatic carbocycles. The maximum atomic E-state index is 12.7. The predicted octanol–water partition coefficient (Wildman–Crippen LogP) is 5.10. The van der Waals surface area contributed by atoms with E-state index in [9.17, 15) is 14.4 Å². The Morgan fingerprint density at radius 2 is 1.81 bits per heavy atom. The van der Waals surface area contributed by atoms with Crippen molar-refractivity contribution in [3.8, 4) is 11.5 Å². The van der Waals surface area contributed by atoms with Gasteiger partial charge in [-0.05, 0) is 59.8 Å². The van der Waals surface area contributed by atoms with Crippen molar-refractivity contribution in [2.45, 2.75) is 6.54 Å². The Morgan fingerprint density at radius 1 is 1.03 bits per heavy atom. The largest absolute Gasteiger partial charge is 0.463 e. The molecule has 3 aromatic rings. The Hall–Kier alpha value is -3.78. The third kappa shape index (κ3) is 4.70. The zero-order valence-electron chi connectivity index (χ0n) is 16.4. The fourth-order valence-electron chi connectivity index (χ4n) is 2.91. The van der Waals surface area contributed by atoms with Gasteiger partial charge in [-0.25, -0.2) is 4.79 Å². The molecule has 2 amide bonds. The third-order valence-corrected chi connectivity index (χ3v) is 5.28. The molecule has 0 bridgehead atoms. The number of benzene rings is 2. The first-order chi connectivity index (χ1) is 15.0. The van der Waals surface area contributed by atoms with E-state index in [4.69, 9.17) is 9.15 Å². The lowest BCUT2D eigenvalue weighted by Crippen LogP contribution is -2.27. The van der Waals surface area contributed by atoms with Crippen molar-refractivity contribution >= 4 is 35.0 Å². The fraction of sp³-hybridized carbons (Fsp3) is 0.0870. The van der Waals surface area contributed by atoms with Crippen LogP contribution in [0.25, 0.3) is 6.08 Å². The van der Waals surface area contributed by atoms with E-state index in [0.29, 0.717) is 22.2 Å². The average Bonchev–Trinajstić information content (AvgIpc) is 3.35. The number of methoxy groups -OCH3 is 1. The lowest BCUT2D eigenvalue weighted by Gasteiger charge is -2.10. The zero-order chi connectivity index (χ0) is 21.8. The molecule has 0 atom stereocenters. The van der Waals surface area contributed by atoms with Crippen LogP contribution in [-0.4, -0.2) is 29.1 Å². The summed E-state index contributed by atoms with van der Waals surface area (Å²) in [5.41, 5.74) is 0.727. The summed E-state index contributed by atoms with van der Waals surface area (Å²) in [5, 5.41) is -0.413. The number of ether oxygens (including phenoxy) is 2. The summed E-state index contributed by atoms with van der Waals surface area (Å²) in [5.74, 6) is 0.575. The second kappa shape index (κ2) is 8.93. The van der Waals surface area contributed by atoms with Crippen LogP contribution in [0.1, 0.15) is 21.9 Å². The van der Waals surface area contributed by atoms with Crippen molar-refractivity contribution in [3.05, 3.63) is 88.7 Å². The number of hydrogen-bond donors (Lipinski definition) is 0. The molecule has 31 heavy (non-hydrogen) atoms. The summed E-state index contributed by atoms with van der Waals surface area (Å²) in [6.45, 7) is -0.0733. The number of rotatable bonds is 6. The average molecular weight is 435 g/mol. The van der Waals surface area contributed by atoms with Gasteiger partial charge in [-0.3, -0.25) is 14.5 Å². The number of para-hydroxylation sites is 1. The first-order valence-electron chi connectivity index (χ1n) is 9.29. The second-order valence-electron chi connectivity index (χ2n) is 6.51. The monoisotopic (exact) mass is 435 g/mol. The van der Waals surface area contributed by atoms with Crippen LogP contribution in [0.15, 0.2) is 76.1 Å². The van der Waals surface area contributed by atoms with E-state index in [0.717, 1.165) is 22.2 Å². The van der Waals surface area contributed by atoms with E-state index in [2.05, 4.69) is 4.74 Å². The summed E-state index contributed by atoms with van der Waals surface area (Å²) < 4.78 is 15.8. The smallest absolute Gasteiger partial charge is 0.373 e. The van der Waals surface area contributed by atoms with Crippen LogP contribution in [-0.2, 0) is 16.1 Å². The first kappa shape index (κ1) is 20.5. The van der Waals surface area contributed by atoms with Crippen molar-refractivity contribution in [3.63, 3.8) is 0 Å². The van der Waals surface area contributed by atoms with Crippen LogP contribution < -0.4 is 4.74 Å². The highest BCUT2D eigenvalue weighted by molar-refractivity contribution is 8.18. The Morgan fingerprint density at radius 3 is 2.58 bits per heavy atom. The lowest BCUT2D eigenvalue weighted by molar-refractivity contribution is -0.123. The van der Waals surface area contributed by atoms with Crippen molar-refractivity contribution in [1.82, 2.24) is 4.90 Å². The van der Waals surface area contributed by atoms with Gasteiger partial charge in [0.15, 0.2) is 0 Å². The number of nitrogens with zero attached hydrogens (tertiary/aromatic N) is 1. The Balaban J connectivity index is 1.49. The number of imide groups is 1. The number of amides is 2. The second-order valence-corrected chi connectivity index (χ2v) is 7.51. The Bertz CT molecular complexity index is 1170. The molecular weight excluding hydrogens is 418 g/mol. The number of carbonyl (C=O) groups is 3. The summed E-state index contributed by atoms with van der Waals surface area (Å²) in [6, 6.07) is 19.5. The minimum Gasteiger partial charge on any atom is -0.463 e. The van der Waals surface area contributed by atoms with Gasteiger partial charge in [0.1, 0.15) is 17.3 Å². The molecule has 156 valence electrons. The van der Waals surface area contributed by atoms with Gasteiger partial charge >= 0.3 is 5.97 Å². The lowest BCUT2D eigenvalue weighted by atomic mass is 10.2. The molecule has 1 saturated heterocycles. The van der Waals surface area contributed by atoms with E-state index in [-0.39, 0.29) is 12.3 Å². The number of carbonyl (C=O) groups excluding carboxylic acids is 3. The van der Waals surface area contributed by atoms with Gasteiger partial charge in [-0.2, -0.15) is 0 Å². The SMILES string of the molecule is COC(=O)c1ccc(CN2C(=O)S/C(=C/c3cccc(Oc4ccccc4)c3)C2=O)o1. The molecule has 1 aliphatic heterocycles. The normalized spacial score (nSPS) is 14.9. The minimum atomic E-state index is -0.627. The highest BCUT2D eigenvalue weighted by Crippen LogP contribution is 2.34. The summed E-state index contributed by atoms with van der Waals surface area (Å²) >= 11 is 0.848. The van der Waals surface area contributed by atoms with Gasteiger partial charge < -0.3 is 13.9 Å². The highest BCUT2D eigenvalue weighted by atomic mass is 32.2. The molecule has 0 radical (unpaired) electrons. The number of thioether (sulfide) groups is 1. The van der Waals surface area contributed by atoms with E-state index < -0.39 is 17.1 Å². The first-order valence-corrected chi connectivity index (χ1v) is 10.1. The Kier molecular flexibility index (Phi) is 5.90. The number of esters is 1. The molecule has 0 saturated carbocycles. The summed E-state index contributed by atoms with van der Waals surface area (Å²) in [6.07, 6.45) is 1.64. The number of furan rings is 1. The van der Waals surface area contributed by atoms with Crippen molar-refractivity contribution in [1.29, 1.82) is 0 Å². The van der Waals surface area contributed by atoms with Crippen LogP contribution in [0.2, 0.25) is 0 Å². The Labute approximate surface area is 182 Å². The van der Waals surface area contributed by atoms with Crippen LogP contribution in [0.4, 0.5) is 4.79 Å². The molecule has 0 spiro atoms. The fourth-order valence-corrected chi connectivity index (χ4v) is 3.75. The maximum absolute atomic E-state index is 12.7. The number of hydrogen-bond acceptors (Lipinski definition) is 7. The molecule has 2 heterocycles. The van der Waals surface area contributed by atoms with Crippen LogP contribution >= 0.6 is 11.8 Å². The van der Waals surface area contributed by atoms with E-state index in [1.54, 1.807) is 12.1 Å². The maximum Gasteiger partial charge on any atom is 0.373 e. The van der Waals surface area contributed by atoms with E-state index in [1.807, 2.05) is 48.5 Å². The van der Waals surface area contributed by atoms with E-state index in [1.165, 1.54) is 19.2 Å². The summed E-state index contributed by atoms with van der Waals surface area (Å²) in [7, 11) is 1.24. The van der Waals surface area contributed by atoms with Crippen LogP contribution in [0.5, 0.6) is 11.5 Å². The minimum absolute atomic E-state index is 0.00949. The molecule has 1 aromatic heterocycles. The molecule has 0 N–H and O–H groups in total. The molecule has 2 aromatic carbocycles. The van der Waals surface area contributed by atoms with Gasteiger partial charge in [0.05, 0.1) is 18.6 Å². The quantitative estimate of drug-likeness (QED) is 0.393. The molecule has 1 aliphatic rings. The van der Waals surface area contributed by atoms with Gasteiger partial charge in [-0.1, -0.05) is 30.3 Å². The van der Waals surface area contributed by atoms with Gasteiger partial charge in [-0.15, -0.1) is 0 Å². The topological polar surface area (TPSA) is 86.0 Å². The van der Waals surface area contributed by atoms with Crippen molar-refractivity contribution in [2.24, 2.45) is 0 Å². The van der Waals surface area contributed by atoms with Gasteiger partial charge in [0.2, 0.25) is 5.76 Å². The molecule has 1 fully saturated rings. The van der Waals surface area contributed by atoms with Crippen LogP contribution in [0.3, 0.4) is 0 Å². The molecular formula is C23H17NO6S. The van der Waals surface area contributed by atoms with Gasteiger partial charge in [0.25, 0.3) is 11.1 Å². The molecule has 8 heteroatoms. The standard InChI is InChI=1S/C23H17NO6S/c1-28-22(26)19-11-10-18(30-19)14-24-21(25)20(31-23(24)27)13-15-6-5-9-17(12-15)29-16-7-3-2-4-8-16/h2-13H,14H2,1H3/b20-13+. The zero-order valence-corrected chi connectivity index (χ0v) is 17.3. The predicted molar refractivity (Wildman–Crippen MR) is 115 cm³/mol. The van der Waals surface area contributed by atoms with Gasteiger partial charge in [0, 0.05) is 0 Å². The summed E-state index contributed by atoms with van der Waals surface area (Å²) in [4.78, 5) is 38.0. The molecule has 0 unspecified atom stereocenters. The van der Waals surface area contributed by atoms with Crippen molar-refractivity contribution < 1.29 is 28.3 Å². The third-order valence-electron chi connectivity index (χ3n) is 4.37. The van der Waals surface area contributed by atoms with Crippen molar-refractivity contribution in [2.75, 3.05) is 7.11 Å². The van der Waals surface area contributed by atoms with E-state index >= 15 is 0 Å². The highest BCUT2D eigenvalue weighted by Gasteiger charge is 2.35. The molecule has 7 nitrogen and oxygen atoms in total. The van der Waals surface area contributed by atoms with Crippen LogP contribution in [0, 0.1) is 0 Å². The molecule has 4 rings (SSSR count).